The van der Waals surface area contributed by atoms with Crippen LogP contribution >= 0.6 is 0 Å². The Balaban J connectivity index is 1.26. The Kier molecular flexibility index (Phi) is 7.69. The highest BCUT2D eigenvalue weighted by Crippen LogP contribution is 2.26. The van der Waals surface area contributed by atoms with Gasteiger partial charge in [0.2, 0.25) is 5.91 Å². The third-order valence-electron chi connectivity index (χ3n) is 7.36. The predicted octanol–water partition coefficient (Wildman–Crippen LogP) is 4.80. The van der Waals surface area contributed by atoms with Crippen molar-refractivity contribution in [1.82, 2.24) is 14.7 Å². The van der Waals surface area contributed by atoms with E-state index in [0.717, 1.165) is 69.1 Å². The standard InChI is InChI=1S/C27H39N3O2/c1-21-9-11-26(32-21)24-8-4-6-23(18-24)20-30-15-5-7-22(19-30)10-12-27(31)29(3)25-13-16-28(2)17-14-25/h4,6,8-9,11,18,22,25H,5,7,10,12-17,19-20H2,1-3H3/t22-/m0/s1. The number of amides is 1. The zero-order valence-electron chi connectivity index (χ0n) is 20.1. The molecule has 5 heteroatoms. The molecule has 2 aliphatic heterocycles. The number of aryl methyl sites for hydroxylation is 1. The maximum Gasteiger partial charge on any atom is 0.222 e. The number of likely N-dealkylation sites (tertiary alicyclic amines) is 2. The summed E-state index contributed by atoms with van der Waals surface area (Å²) in [5.74, 6) is 2.83. The molecule has 1 amide bonds. The topological polar surface area (TPSA) is 39.9 Å². The van der Waals surface area contributed by atoms with Crippen LogP contribution in [0.4, 0.5) is 0 Å². The van der Waals surface area contributed by atoms with Gasteiger partial charge in [-0.15, -0.1) is 0 Å². The van der Waals surface area contributed by atoms with Gasteiger partial charge in [0.05, 0.1) is 0 Å². The van der Waals surface area contributed by atoms with E-state index in [0.29, 0.717) is 24.3 Å². The molecular formula is C27H39N3O2. The molecule has 1 aromatic carbocycles. The lowest BCUT2D eigenvalue weighted by atomic mass is 9.92. The highest BCUT2D eigenvalue weighted by atomic mass is 16.3. The van der Waals surface area contributed by atoms with Gasteiger partial charge in [-0.1, -0.05) is 18.2 Å². The summed E-state index contributed by atoms with van der Waals surface area (Å²) in [6.07, 6.45) is 6.38. The second-order valence-electron chi connectivity index (χ2n) is 9.93. The largest absolute Gasteiger partial charge is 0.461 e. The van der Waals surface area contributed by atoms with E-state index in [1.54, 1.807) is 0 Å². The minimum absolute atomic E-state index is 0.332. The first-order valence-corrected chi connectivity index (χ1v) is 12.3. The lowest BCUT2D eigenvalue weighted by molar-refractivity contribution is -0.133. The number of hydrogen-bond acceptors (Lipinski definition) is 4. The Bertz CT molecular complexity index is 885. The van der Waals surface area contributed by atoms with Crippen LogP contribution in [0.5, 0.6) is 0 Å². The van der Waals surface area contributed by atoms with Gasteiger partial charge in [-0.25, -0.2) is 0 Å². The average molecular weight is 438 g/mol. The maximum absolute atomic E-state index is 12.8. The summed E-state index contributed by atoms with van der Waals surface area (Å²) in [5, 5.41) is 0. The van der Waals surface area contributed by atoms with Crippen LogP contribution in [-0.2, 0) is 11.3 Å². The summed E-state index contributed by atoms with van der Waals surface area (Å²) in [7, 11) is 4.18. The molecule has 1 aromatic heterocycles. The zero-order valence-corrected chi connectivity index (χ0v) is 20.1. The van der Waals surface area contributed by atoms with Gasteiger partial charge in [0.25, 0.3) is 0 Å². The molecule has 4 rings (SSSR count). The first-order valence-electron chi connectivity index (χ1n) is 12.3. The lowest BCUT2D eigenvalue weighted by Gasteiger charge is -2.36. The van der Waals surface area contributed by atoms with Gasteiger partial charge in [0.15, 0.2) is 0 Å². The second-order valence-corrected chi connectivity index (χ2v) is 9.93. The Morgan fingerprint density at radius 3 is 2.69 bits per heavy atom. The molecule has 32 heavy (non-hydrogen) atoms. The van der Waals surface area contributed by atoms with E-state index < -0.39 is 0 Å². The summed E-state index contributed by atoms with van der Waals surface area (Å²) in [6.45, 7) is 7.38. The summed E-state index contributed by atoms with van der Waals surface area (Å²) < 4.78 is 5.80. The fourth-order valence-electron chi connectivity index (χ4n) is 5.29. The Hall–Kier alpha value is -2.11. The number of carbonyl (C=O) groups is 1. The van der Waals surface area contributed by atoms with E-state index in [4.69, 9.17) is 4.42 Å². The van der Waals surface area contributed by atoms with Gasteiger partial charge in [0.1, 0.15) is 11.5 Å². The van der Waals surface area contributed by atoms with E-state index >= 15 is 0 Å². The number of piperidine rings is 2. The SMILES string of the molecule is Cc1ccc(-c2cccc(CN3CCC[C@@H](CCC(=O)N(C)C4CCN(C)CC4)C3)c2)o1. The van der Waals surface area contributed by atoms with Crippen LogP contribution in [0.15, 0.2) is 40.8 Å². The third kappa shape index (κ3) is 6.02. The molecule has 174 valence electrons. The molecule has 5 nitrogen and oxygen atoms in total. The first kappa shape index (κ1) is 23.1. The van der Waals surface area contributed by atoms with Gasteiger partial charge in [-0.05, 0) is 95.4 Å². The van der Waals surface area contributed by atoms with Crippen molar-refractivity contribution in [2.75, 3.05) is 40.3 Å². The number of nitrogens with zero attached hydrogens (tertiary/aromatic N) is 3. The molecule has 0 N–H and O–H groups in total. The van der Waals surface area contributed by atoms with Gasteiger partial charge in [0, 0.05) is 38.2 Å². The molecule has 0 saturated carbocycles. The Morgan fingerprint density at radius 1 is 1.12 bits per heavy atom. The maximum atomic E-state index is 12.8. The molecule has 0 aliphatic carbocycles. The van der Waals surface area contributed by atoms with E-state index in [2.05, 4.69) is 41.1 Å². The quantitative estimate of drug-likeness (QED) is 0.624. The van der Waals surface area contributed by atoms with Crippen molar-refractivity contribution in [3.8, 4) is 11.3 Å². The van der Waals surface area contributed by atoms with Crippen LogP contribution in [0.3, 0.4) is 0 Å². The van der Waals surface area contributed by atoms with Gasteiger partial charge in [-0.3, -0.25) is 9.69 Å². The molecule has 2 aromatic rings. The van der Waals surface area contributed by atoms with Crippen molar-refractivity contribution in [2.24, 2.45) is 5.92 Å². The van der Waals surface area contributed by atoms with Gasteiger partial charge >= 0.3 is 0 Å². The number of hydrogen-bond donors (Lipinski definition) is 0. The number of benzene rings is 1. The highest BCUT2D eigenvalue weighted by Gasteiger charge is 2.26. The Morgan fingerprint density at radius 2 is 1.94 bits per heavy atom. The molecule has 0 radical (unpaired) electrons. The second kappa shape index (κ2) is 10.7. The number of rotatable bonds is 7. The number of carbonyl (C=O) groups excluding carboxylic acids is 1. The van der Waals surface area contributed by atoms with Crippen LogP contribution in [0, 0.1) is 12.8 Å². The van der Waals surface area contributed by atoms with E-state index in [9.17, 15) is 4.79 Å². The monoisotopic (exact) mass is 437 g/mol. The highest BCUT2D eigenvalue weighted by molar-refractivity contribution is 5.76. The third-order valence-corrected chi connectivity index (χ3v) is 7.36. The van der Waals surface area contributed by atoms with Crippen molar-refractivity contribution in [2.45, 2.75) is 58.0 Å². The zero-order chi connectivity index (χ0) is 22.5. The summed E-state index contributed by atoms with van der Waals surface area (Å²) in [5.41, 5.74) is 2.47. The molecule has 2 saturated heterocycles. The van der Waals surface area contributed by atoms with Crippen LogP contribution in [0.25, 0.3) is 11.3 Å². The van der Waals surface area contributed by atoms with Crippen molar-refractivity contribution >= 4 is 5.91 Å². The minimum atomic E-state index is 0.332. The molecule has 3 heterocycles. The van der Waals surface area contributed by atoms with Crippen LogP contribution in [0.1, 0.15) is 49.8 Å². The van der Waals surface area contributed by atoms with Crippen molar-refractivity contribution in [3.63, 3.8) is 0 Å². The first-order chi connectivity index (χ1) is 15.5. The fraction of sp³-hybridized carbons (Fsp3) is 0.593. The minimum Gasteiger partial charge on any atom is -0.461 e. The number of furan rings is 1. The molecule has 2 fully saturated rings. The van der Waals surface area contributed by atoms with Crippen LogP contribution < -0.4 is 0 Å². The molecule has 0 spiro atoms. The van der Waals surface area contributed by atoms with E-state index in [1.807, 2.05) is 31.0 Å². The smallest absolute Gasteiger partial charge is 0.222 e. The predicted molar refractivity (Wildman–Crippen MR) is 129 cm³/mol. The van der Waals surface area contributed by atoms with Gasteiger partial charge < -0.3 is 14.2 Å². The Labute approximate surface area is 193 Å². The summed E-state index contributed by atoms with van der Waals surface area (Å²) >= 11 is 0. The fourth-order valence-corrected chi connectivity index (χ4v) is 5.29. The molecule has 2 aliphatic rings. The van der Waals surface area contributed by atoms with Crippen molar-refractivity contribution in [1.29, 1.82) is 0 Å². The molecule has 1 atom stereocenters. The van der Waals surface area contributed by atoms with Crippen LogP contribution in [0.2, 0.25) is 0 Å². The van der Waals surface area contributed by atoms with Crippen molar-refractivity contribution < 1.29 is 9.21 Å². The van der Waals surface area contributed by atoms with Crippen molar-refractivity contribution in [3.05, 3.63) is 47.7 Å². The molecule has 0 bridgehead atoms. The average Bonchev–Trinajstić information content (AvgIpc) is 3.24. The molecular weight excluding hydrogens is 398 g/mol. The molecule has 0 unspecified atom stereocenters. The van der Waals surface area contributed by atoms with E-state index in [1.165, 1.54) is 18.4 Å². The summed E-state index contributed by atoms with van der Waals surface area (Å²) in [6, 6.07) is 13.2. The summed E-state index contributed by atoms with van der Waals surface area (Å²) in [4.78, 5) is 19.8. The van der Waals surface area contributed by atoms with Crippen LogP contribution in [-0.4, -0.2) is 66.9 Å². The van der Waals surface area contributed by atoms with Gasteiger partial charge in [-0.2, -0.15) is 0 Å². The normalized spacial score (nSPS) is 21.0. The lowest BCUT2D eigenvalue weighted by Crippen LogP contribution is -2.44. The van der Waals surface area contributed by atoms with E-state index in [-0.39, 0.29) is 0 Å².